The zero-order valence-corrected chi connectivity index (χ0v) is 8.99. The van der Waals surface area contributed by atoms with Crippen molar-refractivity contribution in [3.8, 4) is 0 Å². The smallest absolute Gasteiger partial charge is 0.306 e. The first kappa shape index (κ1) is 10.4. The number of carboxylic acids is 1. The van der Waals surface area contributed by atoms with E-state index in [1.165, 1.54) is 24.3 Å². The summed E-state index contributed by atoms with van der Waals surface area (Å²) in [6.45, 7) is 1.71. The van der Waals surface area contributed by atoms with E-state index >= 15 is 0 Å². The summed E-state index contributed by atoms with van der Waals surface area (Å²) in [5, 5.41) is 8.90. The summed E-state index contributed by atoms with van der Waals surface area (Å²) in [6.07, 6.45) is 2.74. The molecule has 1 unspecified atom stereocenters. The second-order valence-electron chi connectivity index (χ2n) is 3.60. The van der Waals surface area contributed by atoms with Gasteiger partial charge in [0, 0.05) is 12.7 Å². The highest BCUT2D eigenvalue weighted by molar-refractivity contribution is 8.12. The largest absolute Gasteiger partial charge is 0.481 e. The van der Waals surface area contributed by atoms with Gasteiger partial charge in [-0.1, -0.05) is 0 Å². The Labute approximate surface area is 91.2 Å². The van der Waals surface area contributed by atoms with Gasteiger partial charge in [-0.2, -0.15) is 0 Å². The van der Waals surface area contributed by atoms with Crippen molar-refractivity contribution in [1.29, 1.82) is 0 Å². The Bertz CT molecular complexity index is 333. The molecule has 0 amide bonds. The Morgan fingerprint density at radius 2 is 2.27 bits per heavy atom. The first-order chi connectivity index (χ1) is 7.08. The van der Waals surface area contributed by atoms with E-state index < -0.39 is 17.3 Å². The average molecular weight is 229 g/mol. The van der Waals surface area contributed by atoms with Gasteiger partial charge in [0.25, 0.3) is 5.79 Å². The molecule has 2 aliphatic rings. The summed E-state index contributed by atoms with van der Waals surface area (Å²) in [6, 6.07) is 0. The van der Waals surface area contributed by atoms with Gasteiger partial charge in [0.2, 0.25) is 0 Å². The van der Waals surface area contributed by atoms with Gasteiger partial charge >= 0.3 is 5.97 Å². The van der Waals surface area contributed by atoms with Crippen molar-refractivity contribution < 1.29 is 19.4 Å². The third-order valence-electron chi connectivity index (χ3n) is 2.63. The van der Waals surface area contributed by atoms with Crippen LogP contribution >= 0.6 is 11.8 Å². The third kappa shape index (κ3) is 1.58. The molecule has 0 fully saturated rings. The molecule has 0 bridgehead atoms. The molecule has 0 aromatic carbocycles. The molecule has 6 heteroatoms. The van der Waals surface area contributed by atoms with E-state index in [-0.39, 0.29) is 6.42 Å². The molecule has 0 spiro atoms. The lowest BCUT2D eigenvalue weighted by Crippen LogP contribution is -2.53. The molecule has 2 aliphatic heterocycles. The van der Waals surface area contributed by atoms with Crippen LogP contribution in [0.2, 0.25) is 0 Å². The van der Waals surface area contributed by atoms with Crippen LogP contribution in [0.1, 0.15) is 13.3 Å². The minimum absolute atomic E-state index is 0.103. The zero-order chi connectivity index (χ0) is 10.9. The Balaban J connectivity index is 2.26. The summed E-state index contributed by atoms with van der Waals surface area (Å²) >= 11 is 1.47. The highest BCUT2D eigenvalue weighted by Gasteiger charge is 2.56. The zero-order valence-electron chi connectivity index (χ0n) is 8.17. The van der Waals surface area contributed by atoms with E-state index in [4.69, 9.17) is 14.6 Å². The Morgan fingerprint density at radius 1 is 1.60 bits per heavy atom. The molecule has 1 atom stereocenters. The minimum atomic E-state index is -1.01. The molecule has 0 aromatic rings. The highest BCUT2D eigenvalue weighted by Crippen LogP contribution is 2.42. The maximum Gasteiger partial charge on any atom is 0.306 e. The molecule has 82 valence electrons. The van der Waals surface area contributed by atoms with Gasteiger partial charge in [0.1, 0.15) is 12.5 Å². The number of aliphatic carboxylic acids is 1. The number of aliphatic imine (C=N–C) groups is 1. The molecule has 0 aromatic heterocycles. The van der Waals surface area contributed by atoms with Gasteiger partial charge in [-0.3, -0.25) is 9.79 Å². The molecule has 2 rings (SSSR count). The molecular formula is C9H11NO4S. The second-order valence-corrected chi connectivity index (χ2v) is 4.43. The fourth-order valence-electron chi connectivity index (χ4n) is 1.67. The SMILES string of the molecule is CC1(C2(CC(=O)O)CSC=N2)OC=CO1. The Morgan fingerprint density at radius 3 is 2.73 bits per heavy atom. The fourth-order valence-corrected chi connectivity index (χ4v) is 2.73. The van der Waals surface area contributed by atoms with Crippen LogP contribution in [0.3, 0.4) is 0 Å². The van der Waals surface area contributed by atoms with Crippen LogP contribution in [0.25, 0.3) is 0 Å². The molecule has 2 heterocycles. The number of thioether (sulfide) groups is 1. The van der Waals surface area contributed by atoms with Gasteiger partial charge in [-0.05, 0) is 0 Å². The summed E-state index contributed by atoms with van der Waals surface area (Å²) in [5.41, 5.74) is 0.812. The highest BCUT2D eigenvalue weighted by atomic mass is 32.2. The van der Waals surface area contributed by atoms with E-state index in [1.807, 2.05) is 0 Å². The van der Waals surface area contributed by atoms with E-state index in [0.29, 0.717) is 5.75 Å². The Kier molecular flexibility index (Phi) is 2.38. The minimum Gasteiger partial charge on any atom is -0.481 e. The number of carbonyl (C=O) groups is 1. The Hall–Kier alpha value is -1.17. The van der Waals surface area contributed by atoms with Crippen molar-refractivity contribution in [2.45, 2.75) is 24.7 Å². The number of hydrogen-bond donors (Lipinski definition) is 1. The van der Waals surface area contributed by atoms with Crippen LogP contribution in [-0.4, -0.2) is 33.7 Å². The quantitative estimate of drug-likeness (QED) is 0.787. The van der Waals surface area contributed by atoms with Gasteiger partial charge in [0.05, 0.1) is 12.0 Å². The maximum atomic E-state index is 10.8. The number of hydrogen-bond acceptors (Lipinski definition) is 5. The van der Waals surface area contributed by atoms with Crippen molar-refractivity contribution in [3.05, 3.63) is 12.5 Å². The fraction of sp³-hybridized carbons (Fsp3) is 0.556. The number of nitrogens with zero attached hydrogens (tertiary/aromatic N) is 1. The maximum absolute atomic E-state index is 10.8. The molecule has 1 N–H and O–H groups in total. The van der Waals surface area contributed by atoms with Gasteiger partial charge < -0.3 is 14.6 Å². The van der Waals surface area contributed by atoms with Crippen molar-refractivity contribution in [2.24, 2.45) is 4.99 Å². The molecule has 5 nitrogen and oxygen atoms in total. The van der Waals surface area contributed by atoms with E-state index in [1.54, 1.807) is 12.5 Å². The van der Waals surface area contributed by atoms with E-state index in [0.717, 1.165) is 0 Å². The summed E-state index contributed by atoms with van der Waals surface area (Å²) < 4.78 is 10.7. The average Bonchev–Trinajstić information content (AvgIpc) is 2.74. The second kappa shape index (κ2) is 3.44. The predicted octanol–water partition coefficient (Wildman–Crippen LogP) is 1.21. The topological polar surface area (TPSA) is 68.1 Å². The number of carboxylic acid groups (broad SMARTS) is 1. The molecule has 0 aliphatic carbocycles. The van der Waals surface area contributed by atoms with Crippen LogP contribution in [0.5, 0.6) is 0 Å². The van der Waals surface area contributed by atoms with Crippen LogP contribution in [-0.2, 0) is 14.3 Å². The standard InChI is InChI=1S/C9H11NO4S/c1-8(13-2-3-14-8)9(4-7(11)12)5-15-6-10-9/h2-3,6H,4-5H2,1H3,(H,11,12). The van der Waals surface area contributed by atoms with Crippen LogP contribution in [0.15, 0.2) is 17.5 Å². The third-order valence-corrected chi connectivity index (χ3v) is 3.53. The summed E-state index contributed by atoms with van der Waals surface area (Å²) in [7, 11) is 0. The van der Waals surface area contributed by atoms with Gasteiger partial charge in [-0.15, -0.1) is 11.8 Å². The lowest BCUT2D eigenvalue weighted by molar-refractivity contribution is -0.178. The molecular weight excluding hydrogens is 218 g/mol. The lowest BCUT2D eigenvalue weighted by atomic mass is 9.89. The van der Waals surface area contributed by atoms with E-state index in [9.17, 15) is 4.79 Å². The normalized spacial score (nSPS) is 31.3. The predicted molar refractivity (Wildman–Crippen MR) is 55.6 cm³/mol. The molecule has 15 heavy (non-hydrogen) atoms. The van der Waals surface area contributed by atoms with Gasteiger partial charge in [-0.25, -0.2) is 0 Å². The number of rotatable bonds is 3. The van der Waals surface area contributed by atoms with Crippen LogP contribution in [0, 0.1) is 0 Å². The van der Waals surface area contributed by atoms with Crippen molar-refractivity contribution in [1.82, 2.24) is 0 Å². The summed E-state index contributed by atoms with van der Waals surface area (Å²) in [4.78, 5) is 15.1. The summed E-state index contributed by atoms with van der Waals surface area (Å²) in [5.74, 6) is -1.36. The molecule has 0 saturated carbocycles. The molecule has 0 saturated heterocycles. The van der Waals surface area contributed by atoms with E-state index in [2.05, 4.69) is 4.99 Å². The van der Waals surface area contributed by atoms with Gasteiger partial charge in [0.15, 0.2) is 5.54 Å². The van der Waals surface area contributed by atoms with Crippen molar-refractivity contribution >= 4 is 23.3 Å². The van der Waals surface area contributed by atoms with Crippen LogP contribution in [0.4, 0.5) is 0 Å². The number of ether oxygens (including phenoxy) is 2. The lowest BCUT2D eigenvalue weighted by Gasteiger charge is -2.37. The first-order valence-corrected chi connectivity index (χ1v) is 5.51. The molecule has 0 radical (unpaired) electrons. The van der Waals surface area contributed by atoms with Crippen molar-refractivity contribution in [3.63, 3.8) is 0 Å². The first-order valence-electron chi connectivity index (χ1n) is 4.46. The van der Waals surface area contributed by atoms with Crippen molar-refractivity contribution in [2.75, 3.05) is 5.75 Å². The monoisotopic (exact) mass is 229 g/mol. The van der Waals surface area contributed by atoms with Crippen LogP contribution < -0.4 is 0 Å².